The van der Waals surface area contributed by atoms with Crippen LogP contribution in [0.3, 0.4) is 0 Å². The van der Waals surface area contributed by atoms with Crippen molar-refractivity contribution in [2.45, 2.75) is 13.8 Å². The highest BCUT2D eigenvalue weighted by molar-refractivity contribution is 8.18. The second kappa shape index (κ2) is 8.56. The molecular weight excluding hydrogens is 382 g/mol. The summed E-state index contributed by atoms with van der Waals surface area (Å²) in [5.41, 5.74) is 0.839. The molecule has 0 radical (unpaired) electrons. The van der Waals surface area contributed by atoms with Crippen molar-refractivity contribution < 1.29 is 18.3 Å². The van der Waals surface area contributed by atoms with Gasteiger partial charge in [0.2, 0.25) is 0 Å². The van der Waals surface area contributed by atoms with Gasteiger partial charge in [-0.05, 0) is 53.6 Å². The average molecular weight is 402 g/mol. The lowest BCUT2D eigenvalue weighted by Gasteiger charge is -2.17. The predicted molar refractivity (Wildman–Crippen MR) is 109 cm³/mol. The lowest BCUT2D eigenvalue weighted by Crippen LogP contribution is -2.32. The molecule has 1 fully saturated rings. The summed E-state index contributed by atoms with van der Waals surface area (Å²) in [6.07, 6.45) is 1.77. The van der Waals surface area contributed by atoms with E-state index in [9.17, 15) is 13.6 Å². The molecule has 28 heavy (non-hydrogen) atoms. The maximum absolute atomic E-state index is 14.0. The van der Waals surface area contributed by atoms with E-state index in [0.29, 0.717) is 16.6 Å². The number of carbonyl (C=O) groups is 1. The van der Waals surface area contributed by atoms with E-state index in [0.717, 1.165) is 23.4 Å². The summed E-state index contributed by atoms with van der Waals surface area (Å²) in [4.78, 5) is 19.2. The van der Waals surface area contributed by atoms with Gasteiger partial charge in [0, 0.05) is 12.6 Å². The summed E-state index contributed by atoms with van der Waals surface area (Å²) in [6.45, 7) is 4.42. The summed E-state index contributed by atoms with van der Waals surface area (Å²) in [5, 5.41) is 0.379. The summed E-state index contributed by atoms with van der Waals surface area (Å²) in [6, 6.07) is 10.5. The Bertz CT molecular complexity index is 940. The highest BCUT2D eigenvalue weighted by Gasteiger charge is 2.33. The number of methoxy groups -OCH3 is 1. The lowest BCUT2D eigenvalue weighted by atomic mass is 10.2. The first kappa shape index (κ1) is 20.1. The Kier molecular flexibility index (Phi) is 6.14. The van der Waals surface area contributed by atoms with Crippen molar-refractivity contribution in [3.8, 4) is 5.75 Å². The van der Waals surface area contributed by atoms with Gasteiger partial charge in [0.15, 0.2) is 11.0 Å². The Morgan fingerprint density at radius 3 is 2.50 bits per heavy atom. The molecule has 0 spiro atoms. The number of aliphatic imine (C=N–C) groups is 1. The second-order valence-corrected chi connectivity index (χ2v) is 7.69. The zero-order valence-corrected chi connectivity index (χ0v) is 16.6. The van der Waals surface area contributed by atoms with E-state index in [-0.39, 0.29) is 17.5 Å². The second-order valence-electron chi connectivity index (χ2n) is 6.68. The maximum Gasteiger partial charge on any atom is 0.266 e. The quantitative estimate of drug-likeness (QED) is 0.643. The number of hydrogen-bond acceptors (Lipinski definition) is 4. The van der Waals surface area contributed by atoms with Crippen LogP contribution in [0.4, 0.5) is 14.5 Å². The highest BCUT2D eigenvalue weighted by atomic mass is 32.2. The first-order valence-corrected chi connectivity index (χ1v) is 9.58. The van der Waals surface area contributed by atoms with E-state index in [1.54, 1.807) is 13.2 Å². The van der Waals surface area contributed by atoms with Crippen LogP contribution in [0.25, 0.3) is 6.08 Å². The summed E-state index contributed by atoms with van der Waals surface area (Å²) in [7, 11) is 1.59. The van der Waals surface area contributed by atoms with Gasteiger partial charge in [-0.15, -0.1) is 0 Å². The largest absolute Gasteiger partial charge is 0.497 e. The number of amidine groups is 1. The maximum atomic E-state index is 14.0. The third-order valence-corrected chi connectivity index (χ3v) is 4.98. The van der Waals surface area contributed by atoms with Gasteiger partial charge < -0.3 is 4.74 Å². The monoisotopic (exact) mass is 402 g/mol. The molecule has 1 saturated heterocycles. The number of halogens is 2. The molecule has 7 heteroatoms. The minimum atomic E-state index is -0.766. The predicted octanol–water partition coefficient (Wildman–Crippen LogP) is 5.23. The van der Waals surface area contributed by atoms with E-state index >= 15 is 0 Å². The third-order valence-electron chi connectivity index (χ3n) is 3.98. The van der Waals surface area contributed by atoms with Gasteiger partial charge in [0.05, 0.1) is 12.0 Å². The van der Waals surface area contributed by atoms with Crippen LogP contribution in [-0.2, 0) is 4.79 Å². The first-order chi connectivity index (χ1) is 13.4. The fourth-order valence-corrected chi connectivity index (χ4v) is 3.64. The number of carbonyl (C=O) groups excluding carboxylic acids is 1. The molecular formula is C21H20F2N2O2S. The Hall–Kier alpha value is -2.67. The first-order valence-electron chi connectivity index (χ1n) is 8.76. The average Bonchev–Trinajstić information content (AvgIpc) is 2.93. The Morgan fingerprint density at radius 2 is 1.89 bits per heavy atom. The molecule has 1 heterocycles. The number of ether oxygens (including phenoxy) is 1. The number of amides is 1. The number of benzene rings is 2. The molecule has 0 saturated carbocycles. The highest BCUT2D eigenvalue weighted by Crippen LogP contribution is 2.35. The van der Waals surface area contributed by atoms with E-state index in [1.165, 1.54) is 22.7 Å². The van der Waals surface area contributed by atoms with E-state index in [2.05, 4.69) is 4.99 Å². The van der Waals surface area contributed by atoms with Crippen molar-refractivity contribution in [2.24, 2.45) is 10.9 Å². The zero-order valence-electron chi connectivity index (χ0n) is 15.8. The number of rotatable bonds is 5. The van der Waals surface area contributed by atoms with Crippen LogP contribution in [-0.4, -0.2) is 29.6 Å². The van der Waals surface area contributed by atoms with Crippen molar-refractivity contribution in [3.05, 3.63) is 64.6 Å². The van der Waals surface area contributed by atoms with Crippen molar-refractivity contribution in [3.63, 3.8) is 0 Å². The van der Waals surface area contributed by atoms with Crippen molar-refractivity contribution >= 4 is 34.6 Å². The Labute approximate surface area is 166 Å². The molecule has 0 N–H and O–H groups in total. The minimum Gasteiger partial charge on any atom is -0.497 e. The molecule has 3 rings (SSSR count). The molecule has 1 aliphatic heterocycles. The number of hydrogen-bond donors (Lipinski definition) is 0. The van der Waals surface area contributed by atoms with Crippen LogP contribution in [0.1, 0.15) is 19.4 Å². The smallest absolute Gasteiger partial charge is 0.266 e. The van der Waals surface area contributed by atoms with Crippen molar-refractivity contribution in [1.29, 1.82) is 0 Å². The zero-order chi connectivity index (χ0) is 20.3. The summed E-state index contributed by atoms with van der Waals surface area (Å²) in [5.74, 6) is -0.694. The van der Waals surface area contributed by atoms with Crippen LogP contribution < -0.4 is 4.74 Å². The van der Waals surface area contributed by atoms with Gasteiger partial charge in [0.25, 0.3) is 5.91 Å². The van der Waals surface area contributed by atoms with Crippen LogP contribution in [0.5, 0.6) is 5.75 Å². The van der Waals surface area contributed by atoms with Crippen LogP contribution in [0.15, 0.2) is 52.4 Å². The normalized spacial score (nSPS) is 17.2. The van der Waals surface area contributed by atoms with Gasteiger partial charge >= 0.3 is 0 Å². The molecule has 2 aromatic rings. The fraction of sp³-hybridized carbons (Fsp3) is 0.238. The molecule has 2 aromatic carbocycles. The van der Waals surface area contributed by atoms with Crippen LogP contribution in [0.2, 0.25) is 0 Å². The number of nitrogens with zero attached hydrogens (tertiary/aromatic N) is 2. The molecule has 0 aliphatic carbocycles. The summed E-state index contributed by atoms with van der Waals surface area (Å²) < 4.78 is 32.3. The molecule has 1 amide bonds. The van der Waals surface area contributed by atoms with Gasteiger partial charge in [-0.2, -0.15) is 0 Å². The SMILES string of the molecule is COc1ccc(/C=C2/SC(=Nc3ccc(F)cc3F)N(CC(C)C)C2=O)cc1. The summed E-state index contributed by atoms with van der Waals surface area (Å²) >= 11 is 1.18. The van der Waals surface area contributed by atoms with E-state index in [1.807, 2.05) is 38.1 Å². The molecule has 0 atom stereocenters. The topological polar surface area (TPSA) is 41.9 Å². The van der Waals surface area contributed by atoms with Gasteiger partial charge in [-0.3, -0.25) is 9.69 Å². The Balaban J connectivity index is 1.95. The molecule has 0 bridgehead atoms. The van der Waals surface area contributed by atoms with Gasteiger partial charge in [-0.1, -0.05) is 26.0 Å². The lowest BCUT2D eigenvalue weighted by molar-refractivity contribution is -0.122. The van der Waals surface area contributed by atoms with Crippen LogP contribution >= 0.6 is 11.8 Å². The van der Waals surface area contributed by atoms with Crippen molar-refractivity contribution in [2.75, 3.05) is 13.7 Å². The fourth-order valence-electron chi connectivity index (χ4n) is 2.64. The standard InChI is InChI=1S/C21H20F2N2O2S/c1-13(2)12-25-20(26)19(10-14-4-7-16(27-3)8-5-14)28-21(25)24-18-9-6-15(22)11-17(18)23/h4-11,13H,12H2,1-3H3/b19-10+,24-21?. The molecule has 0 aromatic heterocycles. The van der Waals surface area contributed by atoms with E-state index in [4.69, 9.17) is 4.74 Å². The Morgan fingerprint density at radius 1 is 1.18 bits per heavy atom. The van der Waals surface area contributed by atoms with Gasteiger partial charge in [-0.25, -0.2) is 13.8 Å². The van der Waals surface area contributed by atoms with E-state index < -0.39 is 11.6 Å². The molecule has 0 unspecified atom stereocenters. The molecule has 1 aliphatic rings. The number of thioether (sulfide) groups is 1. The minimum absolute atomic E-state index is 0.00356. The van der Waals surface area contributed by atoms with Gasteiger partial charge in [0.1, 0.15) is 17.3 Å². The molecule has 146 valence electrons. The molecule has 4 nitrogen and oxygen atoms in total. The van der Waals surface area contributed by atoms with Crippen molar-refractivity contribution in [1.82, 2.24) is 4.90 Å². The van der Waals surface area contributed by atoms with Crippen LogP contribution in [0, 0.1) is 17.6 Å². The third kappa shape index (κ3) is 4.59.